The summed E-state index contributed by atoms with van der Waals surface area (Å²) in [6, 6.07) is 2.42. The van der Waals surface area contributed by atoms with E-state index in [1.165, 1.54) is 0 Å². The molecule has 0 aliphatic rings. The van der Waals surface area contributed by atoms with Crippen LogP contribution in [0.5, 0.6) is 0 Å². The SMILES string of the molecule is CCNc1ccc(C(F)(F)F)cc1F. The Balaban J connectivity index is 3.01. The molecule has 0 heterocycles. The molecular formula is C9H9F4N. The van der Waals surface area contributed by atoms with Crippen molar-refractivity contribution in [2.24, 2.45) is 0 Å². The molecule has 1 nitrogen and oxygen atoms in total. The van der Waals surface area contributed by atoms with Crippen molar-refractivity contribution < 1.29 is 17.6 Å². The monoisotopic (exact) mass is 207 g/mol. The molecule has 1 aromatic carbocycles. The van der Waals surface area contributed by atoms with Crippen molar-refractivity contribution in [3.8, 4) is 0 Å². The molecule has 78 valence electrons. The van der Waals surface area contributed by atoms with Gasteiger partial charge in [0.15, 0.2) is 0 Å². The fourth-order valence-electron chi connectivity index (χ4n) is 1.03. The van der Waals surface area contributed by atoms with Crippen molar-refractivity contribution in [2.75, 3.05) is 11.9 Å². The highest BCUT2D eigenvalue weighted by Gasteiger charge is 2.31. The van der Waals surface area contributed by atoms with Gasteiger partial charge in [-0.2, -0.15) is 13.2 Å². The predicted octanol–water partition coefficient (Wildman–Crippen LogP) is 3.28. The molecule has 14 heavy (non-hydrogen) atoms. The summed E-state index contributed by atoms with van der Waals surface area (Å²) in [4.78, 5) is 0. The van der Waals surface area contributed by atoms with Crippen LogP contribution >= 0.6 is 0 Å². The van der Waals surface area contributed by atoms with Crippen molar-refractivity contribution in [1.29, 1.82) is 0 Å². The highest BCUT2D eigenvalue weighted by atomic mass is 19.4. The summed E-state index contributed by atoms with van der Waals surface area (Å²) < 4.78 is 49.3. The zero-order valence-electron chi connectivity index (χ0n) is 7.45. The molecule has 0 aliphatic carbocycles. The zero-order valence-corrected chi connectivity index (χ0v) is 7.45. The summed E-state index contributed by atoms with van der Waals surface area (Å²) >= 11 is 0. The van der Waals surface area contributed by atoms with Gasteiger partial charge in [-0.1, -0.05) is 0 Å². The Morgan fingerprint density at radius 3 is 2.36 bits per heavy atom. The number of alkyl halides is 3. The first kappa shape index (κ1) is 10.8. The van der Waals surface area contributed by atoms with E-state index < -0.39 is 17.6 Å². The smallest absolute Gasteiger partial charge is 0.383 e. The van der Waals surface area contributed by atoms with Gasteiger partial charge < -0.3 is 5.32 Å². The molecular weight excluding hydrogens is 198 g/mol. The zero-order chi connectivity index (χ0) is 10.8. The van der Waals surface area contributed by atoms with Crippen molar-refractivity contribution in [3.05, 3.63) is 29.6 Å². The van der Waals surface area contributed by atoms with Gasteiger partial charge in [0, 0.05) is 6.54 Å². The Hall–Kier alpha value is -1.26. The summed E-state index contributed by atoms with van der Waals surface area (Å²) in [5.74, 6) is -0.887. The van der Waals surface area contributed by atoms with E-state index in [1.54, 1.807) is 6.92 Å². The normalized spacial score (nSPS) is 11.5. The van der Waals surface area contributed by atoms with Gasteiger partial charge in [-0.3, -0.25) is 0 Å². The topological polar surface area (TPSA) is 12.0 Å². The van der Waals surface area contributed by atoms with Crippen molar-refractivity contribution >= 4 is 5.69 Å². The molecule has 0 spiro atoms. The molecule has 0 aromatic heterocycles. The lowest BCUT2D eigenvalue weighted by atomic mass is 10.2. The minimum absolute atomic E-state index is 0.0838. The molecule has 1 N–H and O–H groups in total. The van der Waals surface area contributed by atoms with Gasteiger partial charge in [0.05, 0.1) is 11.3 Å². The minimum Gasteiger partial charge on any atom is -0.383 e. The van der Waals surface area contributed by atoms with Gasteiger partial charge in [0.2, 0.25) is 0 Å². The highest BCUT2D eigenvalue weighted by Crippen LogP contribution is 2.31. The van der Waals surface area contributed by atoms with Crippen LogP contribution < -0.4 is 5.32 Å². The van der Waals surface area contributed by atoms with Crippen LogP contribution in [0.15, 0.2) is 18.2 Å². The summed E-state index contributed by atoms with van der Waals surface area (Å²) in [6.45, 7) is 2.19. The largest absolute Gasteiger partial charge is 0.416 e. The molecule has 0 amide bonds. The number of nitrogens with one attached hydrogen (secondary N) is 1. The predicted molar refractivity (Wildman–Crippen MR) is 45.6 cm³/mol. The fraction of sp³-hybridized carbons (Fsp3) is 0.333. The van der Waals surface area contributed by atoms with Crippen LogP contribution in [0.2, 0.25) is 0 Å². The lowest BCUT2D eigenvalue weighted by Crippen LogP contribution is -2.07. The molecule has 5 heteroatoms. The first-order chi connectivity index (χ1) is 6.45. The molecule has 0 atom stereocenters. The van der Waals surface area contributed by atoms with E-state index >= 15 is 0 Å². The van der Waals surface area contributed by atoms with Crippen LogP contribution in [0.4, 0.5) is 23.2 Å². The molecule has 0 unspecified atom stereocenters. The van der Waals surface area contributed by atoms with E-state index in [1.807, 2.05) is 0 Å². The van der Waals surface area contributed by atoms with E-state index in [2.05, 4.69) is 5.32 Å². The van der Waals surface area contributed by atoms with Gasteiger partial charge in [-0.05, 0) is 25.1 Å². The molecule has 0 radical (unpaired) electrons. The average molecular weight is 207 g/mol. The maximum absolute atomic E-state index is 13.0. The van der Waals surface area contributed by atoms with Gasteiger partial charge in [0.1, 0.15) is 5.82 Å². The average Bonchev–Trinajstić information content (AvgIpc) is 2.07. The Morgan fingerprint density at radius 1 is 1.29 bits per heavy atom. The molecule has 0 bridgehead atoms. The Bertz CT molecular complexity index is 319. The Morgan fingerprint density at radius 2 is 1.93 bits per heavy atom. The van der Waals surface area contributed by atoms with E-state index in [0.717, 1.165) is 12.1 Å². The lowest BCUT2D eigenvalue weighted by Gasteiger charge is -2.09. The maximum Gasteiger partial charge on any atom is 0.416 e. The Kier molecular flexibility index (Phi) is 2.98. The first-order valence-corrected chi connectivity index (χ1v) is 4.05. The molecule has 1 aromatic rings. The van der Waals surface area contributed by atoms with Crippen LogP contribution in [-0.2, 0) is 6.18 Å². The molecule has 0 saturated carbocycles. The van der Waals surface area contributed by atoms with Crippen molar-refractivity contribution in [2.45, 2.75) is 13.1 Å². The molecule has 1 rings (SSSR count). The summed E-state index contributed by atoms with van der Waals surface area (Å²) in [7, 11) is 0. The second-order valence-corrected chi connectivity index (χ2v) is 2.72. The summed E-state index contributed by atoms with van der Waals surface area (Å²) in [5.41, 5.74) is -0.892. The van der Waals surface area contributed by atoms with E-state index in [-0.39, 0.29) is 5.69 Å². The minimum atomic E-state index is -4.49. The van der Waals surface area contributed by atoms with Gasteiger partial charge in [-0.25, -0.2) is 4.39 Å². The number of anilines is 1. The quantitative estimate of drug-likeness (QED) is 0.734. The summed E-state index contributed by atoms with van der Waals surface area (Å²) in [6.07, 6.45) is -4.49. The highest BCUT2D eigenvalue weighted by molar-refractivity contribution is 5.46. The van der Waals surface area contributed by atoms with Gasteiger partial charge in [-0.15, -0.1) is 0 Å². The van der Waals surface area contributed by atoms with Crippen molar-refractivity contribution in [1.82, 2.24) is 0 Å². The standard InChI is InChI=1S/C9H9F4N/c1-2-14-8-4-3-6(5-7(8)10)9(11,12)13/h3-5,14H,2H2,1H3. The van der Waals surface area contributed by atoms with Crippen LogP contribution in [-0.4, -0.2) is 6.54 Å². The number of benzene rings is 1. The second-order valence-electron chi connectivity index (χ2n) is 2.72. The Labute approximate surface area is 78.7 Å². The fourth-order valence-corrected chi connectivity index (χ4v) is 1.03. The number of hydrogen-bond acceptors (Lipinski definition) is 1. The number of hydrogen-bond donors (Lipinski definition) is 1. The van der Waals surface area contributed by atoms with Crippen LogP contribution in [0.1, 0.15) is 12.5 Å². The van der Waals surface area contributed by atoms with Crippen LogP contribution in [0.25, 0.3) is 0 Å². The first-order valence-electron chi connectivity index (χ1n) is 4.05. The third kappa shape index (κ3) is 2.37. The number of rotatable bonds is 2. The maximum atomic E-state index is 13.0. The third-order valence-electron chi connectivity index (χ3n) is 1.66. The molecule has 0 aliphatic heterocycles. The van der Waals surface area contributed by atoms with Crippen molar-refractivity contribution in [3.63, 3.8) is 0 Å². The van der Waals surface area contributed by atoms with Crippen LogP contribution in [0.3, 0.4) is 0 Å². The van der Waals surface area contributed by atoms with Gasteiger partial charge in [0.25, 0.3) is 0 Å². The van der Waals surface area contributed by atoms with E-state index in [4.69, 9.17) is 0 Å². The third-order valence-corrected chi connectivity index (χ3v) is 1.66. The van der Waals surface area contributed by atoms with E-state index in [9.17, 15) is 17.6 Å². The lowest BCUT2D eigenvalue weighted by molar-refractivity contribution is -0.137. The van der Waals surface area contributed by atoms with Crippen LogP contribution in [0, 0.1) is 5.82 Å². The molecule has 0 fully saturated rings. The summed E-state index contributed by atoms with van der Waals surface area (Å²) in [5, 5.41) is 2.61. The van der Waals surface area contributed by atoms with E-state index in [0.29, 0.717) is 12.6 Å². The number of halogens is 4. The van der Waals surface area contributed by atoms with Gasteiger partial charge >= 0.3 is 6.18 Å². The molecule has 0 saturated heterocycles. The second kappa shape index (κ2) is 3.86.